The molecule has 0 aliphatic carbocycles. The molecule has 6 nitrogen and oxygen atoms in total. The van der Waals surface area contributed by atoms with Crippen molar-refractivity contribution >= 4 is 7.32 Å². The van der Waals surface area contributed by atoms with Gasteiger partial charge in [0.05, 0.1) is 0 Å². The molecule has 0 bridgehead atoms. The highest BCUT2D eigenvalue weighted by Gasteiger charge is 1.92. The molecule has 0 aromatic carbocycles. The molecule has 0 rings (SSSR count). The van der Waals surface area contributed by atoms with Crippen LogP contribution in [0.3, 0.4) is 0 Å². The first-order valence-electron chi connectivity index (χ1n) is 1.43. The van der Waals surface area contributed by atoms with Gasteiger partial charge in [0, 0.05) is 0 Å². The van der Waals surface area contributed by atoms with Crippen molar-refractivity contribution in [2.75, 3.05) is 0 Å². The fourth-order valence-corrected chi connectivity index (χ4v) is 0. The predicted octanol–water partition coefficient (Wildman–Crippen LogP) is -2.56. The lowest BCUT2D eigenvalue weighted by molar-refractivity contribution is 0.278. The number of rotatable bonds is 0. The molecule has 0 amide bonds. The maximum Gasteiger partial charge on any atom is 0.631 e. The molecule has 0 heterocycles. The molecule has 10 heteroatoms. The van der Waals surface area contributed by atoms with E-state index in [2.05, 4.69) is 17.9 Å². The van der Waals surface area contributed by atoms with Crippen LogP contribution in [-0.4, -0.2) is 22.4 Å². The Hall–Kier alpha value is -0.385. The van der Waals surface area contributed by atoms with E-state index in [0.29, 0.717) is 0 Å². The summed E-state index contributed by atoms with van der Waals surface area (Å²) in [6.45, 7) is 0. The topological polar surface area (TPSA) is 139 Å². The summed E-state index contributed by atoms with van der Waals surface area (Å²) in [5, 5.41) is 21.5. The van der Waals surface area contributed by atoms with Gasteiger partial charge in [-0.1, -0.05) is 0 Å². The Labute approximate surface area is 55.0 Å². The van der Waals surface area contributed by atoms with Crippen LogP contribution in [0.25, 0.3) is 0 Å². The Balaban J connectivity index is -0.0000000262. The molecule has 0 aliphatic heterocycles. The summed E-state index contributed by atoms with van der Waals surface area (Å²) >= 11 is 0. The van der Waals surface area contributed by atoms with Crippen LogP contribution in [-0.2, 0) is 0 Å². The average molecular weight is 167 g/mol. The zero-order chi connectivity index (χ0) is 9.58. The lowest BCUT2D eigenvalue weighted by Gasteiger charge is -1.69. The van der Waals surface area contributed by atoms with Crippen LogP contribution in [0.1, 0.15) is 0 Å². The van der Waals surface area contributed by atoms with Crippen molar-refractivity contribution in [3.63, 3.8) is 0 Å². The third-order valence-corrected chi connectivity index (χ3v) is 0. The molecule has 0 unspecified atom stereocenters. The highest BCUT2D eigenvalue weighted by Crippen LogP contribution is 1.40. The summed E-state index contributed by atoms with van der Waals surface area (Å²) in [4.78, 5) is 0. The van der Waals surface area contributed by atoms with Crippen LogP contribution in [0.5, 0.6) is 0 Å². The molecule has 66 valence electrons. The van der Waals surface area contributed by atoms with Gasteiger partial charge in [-0.05, 0) is 0 Å². The maximum atomic E-state index is 9.00. The predicted molar refractivity (Wildman–Crippen MR) is 28.3 cm³/mol. The molecule has 0 aromatic rings. The summed E-state index contributed by atoms with van der Waals surface area (Å²) in [5.41, 5.74) is 0. The van der Waals surface area contributed by atoms with Crippen LogP contribution in [0, 0.1) is 0 Å². The minimum absolute atomic E-state index is 2.17. The van der Waals surface area contributed by atoms with Crippen molar-refractivity contribution in [1.82, 2.24) is 0 Å². The molecule has 10 heavy (non-hydrogen) atoms. The van der Waals surface area contributed by atoms with E-state index in [9.17, 15) is 0 Å². The highest BCUT2D eigenvalue weighted by molar-refractivity contribution is 6.30. The van der Waals surface area contributed by atoms with E-state index in [1.165, 1.54) is 0 Å². The molecule has 0 saturated carbocycles. The van der Waals surface area contributed by atoms with Gasteiger partial charge in [0.2, 0.25) is 0 Å². The second-order valence-electron chi connectivity index (χ2n) is 0.346. The third kappa shape index (κ3) is 2250. The van der Waals surface area contributed by atoms with Crippen molar-refractivity contribution in [3.8, 4) is 0 Å². The second kappa shape index (κ2) is 73.1. The van der Waals surface area contributed by atoms with E-state index in [0.717, 1.165) is 0 Å². The van der Waals surface area contributed by atoms with Crippen LogP contribution in [0.2, 0.25) is 0 Å². The number of halogens is 3. The second-order valence-corrected chi connectivity index (χ2v) is 0.346. The first kappa shape index (κ1) is 22.6. The average Bonchev–Trinajstić information content (AvgIpc) is 1.98. The summed E-state index contributed by atoms with van der Waals surface area (Å²) < 4.78 is 27.0. The van der Waals surface area contributed by atoms with Gasteiger partial charge in [-0.2, -0.15) is 17.9 Å². The van der Waals surface area contributed by atoms with Gasteiger partial charge in [0.25, 0.3) is 0 Å². The summed E-state index contributed by atoms with van der Waals surface area (Å²) in [6, 6.07) is 0. The van der Waals surface area contributed by atoms with Crippen molar-refractivity contribution < 1.29 is 28.5 Å². The van der Waals surface area contributed by atoms with Gasteiger partial charge in [0.15, 0.2) is 0 Å². The SMILES string of the molecule is NF.NF.NF.OB(O)O. The van der Waals surface area contributed by atoms with Gasteiger partial charge in [-0.25, -0.2) is 0 Å². The van der Waals surface area contributed by atoms with E-state index < -0.39 is 7.32 Å². The monoisotopic (exact) mass is 167 g/mol. The van der Waals surface area contributed by atoms with Crippen LogP contribution in [0.4, 0.5) is 13.4 Å². The number of hydrogen-bond acceptors (Lipinski definition) is 6. The molecule has 0 spiro atoms. The first-order chi connectivity index (χ1) is 4.73. The van der Waals surface area contributed by atoms with E-state index >= 15 is 0 Å². The molecule has 0 saturated heterocycles. The fourth-order valence-electron chi connectivity index (χ4n) is 0. The van der Waals surface area contributed by atoms with Crippen molar-refractivity contribution in [1.29, 1.82) is 0 Å². The van der Waals surface area contributed by atoms with Gasteiger partial charge in [-0.15, -0.1) is 13.4 Å². The van der Waals surface area contributed by atoms with Crippen molar-refractivity contribution in [2.45, 2.75) is 0 Å². The Morgan fingerprint density at radius 3 is 0.700 bits per heavy atom. The normalized spacial score (nSPS) is 4.50. The highest BCUT2D eigenvalue weighted by atomic mass is 19.2. The third-order valence-electron chi connectivity index (χ3n) is 0. The standard InChI is InChI=1S/BH3O3.3FH2N/c2-1(3)4;3*1-2/h2-4H;3*2H2. The Kier molecular flexibility index (Phi) is 165. The van der Waals surface area contributed by atoms with Gasteiger partial charge in [0.1, 0.15) is 0 Å². The lowest BCUT2D eigenvalue weighted by atomic mass is 10.3. The van der Waals surface area contributed by atoms with Crippen LogP contribution >= 0.6 is 0 Å². The lowest BCUT2D eigenvalue weighted by Crippen LogP contribution is -2.07. The largest absolute Gasteiger partial charge is 0.631 e. The zero-order valence-corrected chi connectivity index (χ0v) is 4.78. The van der Waals surface area contributed by atoms with Gasteiger partial charge >= 0.3 is 7.32 Å². The number of nitrogens with two attached hydrogens (primary N) is 3. The van der Waals surface area contributed by atoms with Crippen molar-refractivity contribution in [2.24, 2.45) is 17.9 Å². The minimum Gasteiger partial charge on any atom is -0.402 e. The number of hydrogen-bond donors (Lipinski definition) is 6. The quantitative estimate of drug-likeness (QED) is 0.173. The molecule has 0 radical (unpaired) electrons. The molecule has 0 aliphatic rings. The summed E-state index contributed by atoms with van der Waals surface area (Å²) in [5.74, 6) is 9.00. The molecule has 0 fully saturated rings. The molecule has 9 N–H and O–H groups in total. The Morgan fingerprint density at radius 2 is 0.700 bits per heavy atom. The minimum atomic E-state index is -2.17. The van der Waals surface area contributed by atoms with E-state index in [-0.39, 0.29) is 0 Å². The van der Waals surface area contributed by atoms with Gasteiger partial charge in [-0.3, -0.25) is 0 Å². The van der Waals surface area contributed by atoms with E-state index in [4.69, 9.17) is 28.5 Å². The van der Waals surface area contributed by atoms with Crippen LogP contribution < -0.4 is 17.9 Å². The molecule has 0 aromatic heterocycles. The Bertz CT molecular complexity index is 23.7. The Morgan fingerprint density at radius 1 is 0.700 bits per heavy atom. The zero-order valence-electron chi connectivity index (χ0n) is 4.78. The maximum absolute atomic E-state index is 9.00. The molecule has 0 atom stereocenters. The van der Waals surface area contributed by atoms with Crippen molar-refractivity contribution in [3.05, 3.63) is 0 Å². The van der Waals surface area contributed by atoms with Gasteiger partial charge < -0.3 is 15.1 Å². The molecular formula is H9BF3N3O3. The fraction of sp³-hybridized carbons (Fsp3) is 0. The molecular weight excluding hydrogens is 158 g/mol. The first-order valence-corrected chi connectivity index (χ1v) is 1.43. The van der Waals surface area contributed by atoms with Crippen LogP contribution in [0.15, 0.2) is 0 Å². The van der Waals surface area contributed by atoms with E-state index in [1.807, 2.05) is 0 Å². The summed E-state index contributed by atoms with van der Waals surface area (Å²) in [6.07, 6.45) is 0. The van der Waals surface area contributed by atoms with E-state index in [1.54, 1.807) is 0 Å². The summed E-state index contributed by atoms with van der Waals surface area (Å²) in [7, 11) is -2.17. The smallest absolute Gasteiger partial charge is 0.402 e.